The second-order valence-electron chi connectivity index (χ2n) is 3.69. The molecule has 0 aliphatic carbocycles. The maximum absolute atomic E-state index is 9.40. The summed E-state index contributed by atoms with van der Waals surface area (Å²) >= 11 is 3.51. The Morgan fingerprint density at radius 1 is 1.43 bits per heavy atom. The summed E-state index contributed by atoms with van der Waals surface area (Å²) < 4.78 is 1.06. The molecular weight excluding hydrogens is 242 g/mol. The molecule has 1 atom stereocenters. The van der Waals surface area contributed by atoms with Gasteiger partial charge in [0.15, 0.2) is 0 Å². The van der Waals surface area contributed by atoms with E-state index < -0.39 is 0 Å². The van der Waals surface area contributed by atoms with Crippen LogP contribution in [0.25, 0.3) is 0 Å². The van der Waals surface area contributed by atoms with Crippen LogP contribution in [-0.2, 0) is 6.42 Å². The van der Waals surface area contributed by atoms with E-state index >= 15 is 0 Å². The van der Waals surface area contributed by atoms with Crippen LogP contribution in [0.1, 0.15) is 12.5 Å². The highest BCUT2D eigenvalue weighted by atomic mass is 79.9. The highest BCUT2D eigenvalue weighted by Gasteiger charge is 2.10. The van der Waals surface area contributed by atoms with E-state index in [1.807, 2.05) is 26.2 Å². The summed E-state index contributed by atoms with van der Waals surface area (Å²) in [5.41, 5.74) is 2.31. The van der Waals surface area contributed by atoms with E-state index in [9.17, 15) is 5.11 Å². The summed E-state index contributed by atoms with van der Waals surface area (Å²) in [6.45, 7) is 1.80. The molecule has 0 spiro atoms. The zero-order chi connectivity index (χ0) is 10.7. The highest BCUT2D eigenvalue weighted by molar-refractivity contribution is 9.10. The number of benzene rings is 1. The Morgan fingerprint density at radius 2 is 2.07 bits per heavy atom. The van der Waals surface area contributed by atoms with Gasteiger partial charge in [-0.1, -0.05) is 22.0 Å². The number of halogens is 1. The van der Waals surface area contributed by atoms with Gasteiger partial charge in [-0.05, 0) is 24.6 Å². The molecule has 0 fully saturated rings. The maximum Gasteiger partial charge on any atom is 0.0553 e. The Labute approximate surface area is 93.7 Å². The van der Waals surface area contributed by atoms with E-state index in [0.717, 1.165) is 15.7 Å². The van der Waals surface area contributed by atoms with Crippen molar-refractivity contribution in [3.63, 3.8) is 0 Å². The first-order chi connectivity index (χ1) is 6.52. The van der Waals surface area contributed by atoms with E-state index in [1.165, 1.54) is 0 Å². The van der Waals surface area contributed by atoms with Gasteiger partial charge in [-0.25, -0.2) is 0 Å². The lowest BCUT2D eigenvalue weighted by atomic mass is 10.1. The minimum Gasteiger partial charge on any atom is -0.393 e. The van der Waals surface area contributed by atoms with E-state index in [0.29, 0.717) is 6.42 Å². The first kappa shape index (κ1) is 11.5. The van der Waals surface area contributed by atoms with Crippen LogP contribution in [0.15, 0.2) is 22.7 Å². The molecule has 0 aliphatic heterocycles. The van der Waals surface area contributed by atoms with E-state index in [2.05, 4.69) is 26.9 Å². The summed E-state index contributed by atoms with van der Waals surface area (Å²) in [6, 6.07) is 6.07. The second kappa shape index (κ2) is 4.80. The standard InChI is InChI=1S/C11H16BrNO/c1-8(14)7-9-10(12)5-4-6-11(9)13(2)3/h4-6,8,14H,7H2,1-3H3. The van der Waals surface area contributed by atoms with Crippen molar-refractivity contribution in [2.45, 2.75) is 19.4 Å². The summed E-state index contributed by atoms with van der Waals surface area (Å²) in [6.07, 6.45) is 0.363. The van der Waals surface area contributed by atoms with E-state index in [-0.39, 0.29) is 6.10 Å². The third-order valence-electron chi connectivity index (χ3n) is 2.08. The smallest absolute Gasteiger partial charge is 0.0553 e. The summed E-state index contributed by atoms with van der Waals surface area (Å²) in [7, 11) is 4.01. The van der Waals surface area contributed by atoms with Crippen molar-refractivity contribution in [1.82, 2.24) is 0 Å². The topological polar surface area (TPSA) is 23.5 Å². The van der Waals surface area contributed by atoms with Gasteiger partial charge in [-0.2, -0.15) is 0 Å². The number of hydrogen-bond donors (Lipinski definition) is 1. The molecule has 1 N–H and O–H groups in total. The number of aliphatic hydroxyl groups is 1. The van der Waals surface area contributed by atoms with Gasteiger partial charge in [0.1, 0.15) is 0 Å². The minimum absolute atomic E-state index is 0.313. The van der Waals surface area contributed by atoms with Gasteiger partial charge in [0, 0.05) is 30.7 Å². The van der Waals surface area contributed by atoms with Crippen molar-refractivity contribution in [1.29, 1.82) is 0 Å². The van der Waals surface area contributed by atoms with E-state index in [1.54, 1.807) is 6.92 Å². The SMILES string of the molecule is CC(O)Cc1c(Br)cccc1N(C)C. The number of aliphatic hydroxyl groups excluding tert-OH is 1. The normalized spacial score (nSPS) is 12.6. The molecule has 2 nitrogen and oxygen atoms in total. The molecule has 1 rings (SSSR count). The van der Waals surface area contributed by atoms with Crippen LogP contribution in [-0.4, -0.2) is 25.3 Å². The Morgan fingerprint density at radius 3 is 2.57 bits per heavy atom. The molecule has 0 bridgehead atoms. The van der Waals surface area contributed by atoms with Gasteiger partial charge in [0.25, 0.3) is 0 Å². The molecular formula is C11H16BrNO. The predicted octanol–water partition coefficient (Wildman–Crippen LogP) is 2.44. The van der Waals surface area contributed by atoms with Crippen molar-refractivity contribution in [2.24, 2.45) is 0 Å². The fourth-order valence-electron chi connectivity index (χ4n) is 1.46. The molecule has 0 aromatic heterocycles. The fourth-order valence-corrected chi connectivity index (χ4v) is 1.98. The summed E-state index contributed by atoms with van der Waals surface area (Å²) in [5.74, 6) is 0. The van der Waals surface area contributed by atoms with Crippen LogP contribution in [0.5, 0.6) is 0 Å². The van der Waals surface area contributed by atoms with Crippen LogP contribution in [0, 0.1) is 0 Å². The fraction of sp³-hybridized carbons (Fsp3) is 0.455. The molecule has 78 valence electrons. The number of anilines is 1. The average molecular weight is 258 g/mol. The van der Waals surface area contributed by atoms with Crippen molar-refractivity contribution in [2.75, 3.05) is 19.0 Å². The van der Waals surface area contributed by atoms with Crippen LogP contribution >= 0.6 is 15.9 Å². The molecule has 0 saturated carbocycles. The zero-order valence-corrected chi connectivity index (χ0v) is 10.4. The predicted molar refractivity (Wildman–Crippen MR) is 63.9 cm³/mol. The van der Waals surface area contributed by atoms with Crippen molar-refractivity contribution < 1.29 is 5.11 Å². The van der Waals surface area contributed by atoms with Gasteiger partial charge in [0.05, 0.1) is 6.10 Å². The van der Waals surface area contributed by atoms with Gasteiger partial charge >= 0.3 is 0 Å². The van der Waals surface area contributed by atoms with Crippen molar-refractivity contribution in [3.05, 3.63) is 28.2 Å². The Bertz CT molecular complexity index is 310. The van der Waals surface area contributed by atoms with Crippen molar-refractivity contribution in [3.8, 4) is 0 Å². The van der Waals surface area contributed by atoms with Gasteiger partial charge in [-0.15, -0.1) is 0 Å². The quantitative estimate of drug-likeness (QED) is 0.900. The number of hydrogen-bond acceptors (Lipinski definition) is 2. The zero-order valence-electron chi connectivity index (χ0n) is 8.79. The lowest BCUT2D eigenvalue weighted by molar-refractivity contribution is 0.195. The lowest BCUT2D eigenvalue weighted by Gasteiger charge is -2.19. The molecule has 14 heavy (non-hydrogen) atoms. The lowest BCUT2D eigenvalue weighted by Crippen LogP contribution is -2.14. The van der Waals surface area contributed by atoms with Crippen LogP contribution in [0.3, 0.4) is 0 Å². The average Bonchev–Trinajstić information content (AvgIpc) is 2.07. The van der Waals surface area contributed by atoms with Crippen LogP contribution in [0.2, 0.25) is 0 Å². The molecule has 1 aromatic rings. The van der Waals surface area contributed by atoms with Gasteiger partial charge in [0.2, 0.25) is 0 Å². The largest absolute Gasteiger partial charge is 0.393 e. The third-order valence-corrected chi connectivity index (χ3v) is 2.82. The van der Waals surface area contributed by atoms with E-state index in [4.69, 9.17) is 0 Å². The molecule has 0 aliphatic rings. The molecule has 0 amide bonds. The Hall–Kier alpha value is -0.540. The van der Waals surface area contributed by atoms with Crippen LogP contribution in [0.4, 0.5) is 5.69 Å². The minimum atomic E-state index is -0.313. The molecule has 1 unspecified atom stereocenters. The van der Waals surface area contributed by atoms with Crippen LogP contribution < -0.4 is 4.90 Å². The first-order valence-corrected chi connectivity index (χ1v) is 5.44. The maximum atomic E-state index is 9.40. The Kier molecular flexibility index (Phi) is 3.96. The summed E-state index contributed by atoms with van der Waals surface area (Å²) in [4.78, 5) is 2.06. The monoisotopic (exact) mass is 257 g/mol. The highest BCUT2D eigenvalue weighted by Crippen LogP contribution is 2.27. The molecule has 3 heteroatoms. The summed E-state index contributed by atoms with van der Waals surface area (Å²) in [5, 5.41) is 9.40. The molecule has 0 saturated heterocycles. The molecule has 0 radical (unpaired) electrons. The number of nitrogens with zero attached hydrogens (tertiary/aromatic N) is 1. The van der Waals surface area contributed by atoms with Gasteiger partial charge < -0.3 is 10.0 Å². The molecule has 1 aromatic carbocycles. The number of rotatable bonds is 3. The van der Waals surface area contributed by atoms with Gasteiger partial charge in [-0.3, -0.25) is 0 Å². The third kappa shape index (κ3) is 2.72. The van der Waals surface area contributed by atoms with Crippen molar-refractivity contribution >= 4 is 21.6 Å². The first-order valence-electron chi connectivity index (χ1n) is 4.65. The second-order valence-corrected chi connectivity index (χ2v) is 4.54. The Balaban J connectivity index is 3.09. The molecule has 0 heterocycles.